The largest absolute Gasteiger partial charge is 0.385 e. The van der Waals surface area contributed by atoms with Crippen LogP contribution in [0.2, 0.25) is 0 Å². The molecule has 4 nitrogen and oxygen atoms in total. The molecule has 102 valence electrons. The molecule has 18 heavy (non-hydrogen) atoms. The first kappa shape index (κ1) is 14.8. The summed E-state index contributed by atoms with van der Waals surface area (Å²) in [5.41, 5.74) is -1.11. The molecule has 0 aliphatic heterocycles. The number of aliphatic hydroxyl groups is 1. The molecule has 0 aromatic heterocycles. The van der Waals surface area contributed by atoms with Crippen molar-refractivity contribution in [2.45, 2.75) is 51.1 Å². The van der Waals surface area contributed by atoms with Crippen LogP contribution in [0.5, 0.6) is 0 Å². The maximum absolute atomic E-state index is 12.1. The van der Waals surface area contributed by atoms with Crippen molar-refractivity contribution in [2.75, 3.05) is 6.54 Å². The smallest absolute Gasteiger partial charge is 0.265 e. The number of halogens is 2. The summed E-state index contributed by atoms with van der Waals surface area (Å²) in [5, 5.41) is 20.4. The number of nitrogens with zero attached hydrogens (tertiary/aromatic N) is 1. The first-order valence-electron chi connectivity index (χ1n) is 6.17. The van der Waals surface area contributed by atoms with Crippen molar-refractivity contribution in [2.24, 2.45) is 5.41 Å². The average Bonchev–Trinajstić information content (AvgIpc) is 2.61. The predicted octanol–water partition coefficient (Wildman–Crippen LogP) is 1.59. The van der Waals surface area contributed by atoms with Gasteiger partial charge in [0.25, 0.3) is 6.43 Å². The minimum atomic E-state index is -2.89. The summed E-state index contributed by atoms with van der Waals surface area (Å²) < 4.78 is 24.2. The van der Waals surface area contributed by atoms with Crippen LogP contribution in [0.3, 0.4) is 0 Å². The number of carbonyl (C=O) groups is 1. The highest BCUT2D eigenvalue weighted by atomic mass is 19.3. The normalized spacial score (nSPS) is 20.8. The highest BCUT2D eigenvalue weighted by molar-refractivity contribution is 5.85. The highest BCUT2D eigenvalue weighted by Gasteiger charge is 2.39. The molecule has 1 fully saturated rings. The van der Waals surface area contributed by atoms with Gasteiger partial charge in [-0.15, -0.1) is 0 Å². The Hall–Kier alpha value is -1.22. The number of carbonyl (C=O) groups excluding carboxylic acids is 1. The molecule has 0 spiro atoms. The van der Waals surface area contributed by atoms with E-state index in [1.165, 1.54) is 0 Å². The second-order valence-corrected chi connectivity index (χ2v) is 4.72. The van der Waals surface area contributed by atoms with E-state index in [1.807, 2.05) is 6.07 Å². The van der Waals surface area contributed by atoms with Crippen LogP contribution in [0.1, 0.15) is 38.5 Å². The van der Waals surface area contributed by atoms with Crippen LogP contribution in [0.25, 0.3) is 0 Å². The molecule has 6 heteroatoms. The Morgan fingerprint density at radius 3 is 2.33 bits per heavy atom. The van der Waals surface area contributed by atoms with Crippen molar-refractivity contribution >= 4 is 5.91 Å². The molecule has 0 bridgehead atoms. The summed E-state index contributed by atoms with van der Waals surface area (Å²) in [4.78, 5) is 11.9. The number of hydrogen-bond donors (Lipinski definition) is 2. The van der Waals surface area contributed by atoms with Crippen LogP contribution >= 0.6 is 0 Å². The van der Waals surface area contributed by atoms with Gasteiger partial charge in [0.1, 0.15) is 11.5 Å². The van der Waals surface area contributed by atoms with E-state index in [9.17, 15) is 18.8 Å². The molecule has 0 saturated heterocycles. The summed E-state index contributed by atoms with van der Waals surface area (Å²) in [6.07, 6.45) is -0.308. The zero-order valence-electron chi connectivity index (χ0n) is 10.2. The van der Waals surface area contributed by atoms with Gasteiger partial charge in [-0.25, -0.2) is 8.78 Å². The van der Waals surface area contributed by atoms with Gasteiger partial charge >= 0.3 is 0 Å². The topological polar surface area (TPSA) is 73.1 Å². The third-order valence-corrected chi connectivity index (χ3v) is 3.37. The van der Waals surface area contributed by atoms with E-state index in [2.05, 4.69) is 5.32 Å². The van der Waals surface area contributed by atoms with E-state index >= 15 is 0 Å². The maximum atomic E-state index is 12.1. The molecule has 0 radical (unpaired) electrons. The number of rotatable bonds is 4. The average molecular weight is 260 g/mol. The van der Waals surface area contributed by atoms with E-state index in [-0.39, 0.29) is 0 Å². The van der Waals surface area contributed by atoms with Crippen molar-refractivity contribution in [1.29, 1.82) is 5.26 Å². The molecular formula is C12H18F2N2O2. The van der Waals surface area contributed by atoms with Crippen LogP contribution in [0, 0.1) is 16.7 Å². The van der Waals surface area contributed by atoms with Gasteiger partial charge in [0.05, 0.1) is 6.07 Å². The Balaban J connectivity index is 2.59. The van der Waals surface area contributed by atoms with Gasteiger partial charge in [0, 0.05) is 6.54 Å². The lowest BCUT2D eigenvalue weighted by atomic mass is 9.81. The summed E-state index contributed by atoms with van der Waals surface area (Å²) in [5.74, 6) is -0.536. The Bertz CT molecular complexity index is 321. The highest BCUT2D eigenvalue weighted by Crippen LogP contribution is 2.34. The second kappa shape index (κ2) is 6.64. The Kier molecular flexibility index (Phi) is 5.48. The first-order valence-corrected chi connectivity index (χ1v) is 6.17. The number of alkyl halides is 2. The van der Waals surface area contributed by atoms with Crippen molar-refractivity contribution in [3.63, 3.8) is 0 Å². The third-order valence-electron chi connectivity index (χ3n) is 3.37. The molecular weight excluding hydrogens is 242 g/mol. The number of amides is 1. The predicted molar refractivity (Wildman–Crippen MR) is 60.8 cm³/mol. The standard InChI is InChI=1S/C12H18F2N2O2/c13-10(14)9(17)7-16-11(18)12(8-15)5-3-1-2-4-6-12/h9-10,17H,1-7H2,(H,16,18). The molecule has 1 rings (SSSR count). The quantitative estimate of drug-likeness (QED) is 0.754. The molecule has 1 amide bonds. The second-order valence-electron chi connectivity index (χ2n) is 4.72. The Morgan fingerprint density at radius 1 is 1.33 bits per heavy atom. The fraction of sp³-hybridized carbons (Fsp3) is 0.833. The Morgan fingerprint density at radius 2 is 1.89 bits per heavy atom. The molecule has 2 N–H and O–H groups in total. The summed E-state index contributed by atoms with van der Waals surface area (Å²) >= 11 is 0. The van der Waals surface area contributed by atoms with Gasteiger partial charge in [-0.3, -0.25) is 4.79 Å². The van der Waals surface area contributed by atoms with Crippen molar-refractivity contribution in [3.05, 3.63) is 0 Å². The van der Waals surface area contributed by atoms with Crippen molar-refractivity contribution in [3.8, 4) is 6.07 Å². The number of nitriles is 1. The number of hydrogen-bond acceptors (Lipinski definition) is 3. The van der Waals surface area contributed by atoms with Crippen LogP contribution in [0.4, 0.5) is 8.78 Å². The molecule has 1 atom stereocenters. The van der Waals surface area contributed by atoms with E-state index < -0.39 is 30.4 Å². The van der Waals surface area contributed by atoms with Gasteiger partial charge in [-0.05, 0) is 12.8 Å². The van der Waals surface area contributed by atoms with Crippen LogP contribution < -0.4 is 5.32 Å². The van der Waals surface area contributed by atoms with E-state index in [1.54, 1.807) is 0 Å². The lowest BCUT2D eigenvalue weighted by Gasteiger charge is -2.24. The fourth-order valence-electron chi connectivity index (χ4n) is 2.18. The summed E-state index contributed by atoms with van der Waals surface area (Å²) in [6, 6.07) is 2.03. The molecule has 0 heterocycles. The fourth-order valence-corrected chi connectivity index (χ4v) is 2.18. The van der Waals surface area contributed by atoms with Gasteiger partial charge in [-0.2, -0.15) is 5.26 Å². The summed E-state index contributed by atoms with van der Waals surface area (Å²) in [6.45, 7) is -0.514. The lowest BCUT2D eigenvalue weighted by Crippen LogP contribution is -2.44. The minimum absolute atomic E-state index is 0.458. The zero-order chi connectivity index (χ0) is 13.6. The number of nitrogens with one attached hydrogen (secondary N) is 1. The van der Waals surface area contributed by atoms with Crippen molar-refractivity contribution < 1.29 is 18.7 Å². The number of aliphatic hydroxyl groups excluding tert-OH is 1. The SMILES string of the molecule is N#CC1(C(=O)NCC(O)C(F)F)CCCCCC1. The molecule has 1 unspecified atom stereocenters. The van der Waals surface area contributed by atoms with Crippen LogP contribution in [-0.2, 0) is 4.79 Å². The van der Waals surface area contributed by atoms with Gasteiger partial charge in [0.15, 0.2) is 0 Å². The maximum Gasteiger partial charge on any atom is 0.265 e. The van der Waals surface area contributed by atoms with Gasteiger partial charge < -0.3 is 10.4 Å². The van der Waals surface area contributed by atoms with Crippen LogP contribution in [0.15, 0.2) is 0 Å². The summed E-state index contributed by atoms with van der Waals surface area (Å²) in [7, 11) is 0. The van der Waals surface area contributed by atoms with E-state index in [4.69, 9.17) is 5.11 Å². The monoisotopic (exact) mass is 260 g/mol. The zero-order valence-corrected chi connectivity index (χ0v) is 10.2. The molecule has 1 aliphatic rings. The minimum Gasteiger partial charge on any atom is -0.385 e. The molecule has 0 aromatic rings. The van der Waals surface area contributed by atoms with Gasteiger partial charge in [-0.1, -0.05) is 25.7 Å². The van der Waals surface area contributed by atoms with Crippen LogP contribution in [-0.4, -0.2) is 30.1 Å². The molecule has 1 saturated carbocycles. The van der Waals surface area contributed by atoms with Gasteiger partial charge in [0.2, 0.25) is 5.91 Å². The molecule has 0 aromatic carbocycles. The van der Waals surface area contributed by atoms with E-state index in [0.29, 0.717) is 12.8 Å². The first-order chi connectivity index (χ1) is 8.52. The molecule has 1 aliphatic carbocycles. The Labute approximate surface area is 105 Å². The third kappa shape index (κ3) is 3.64. The van der Waals surface area contributed by atoms with Crippen molar-refractivity contribution in [1.82, 2.24) is 5.32 Å². The van der Waals surface area contributed by atoms with E-state index in [0.717, 1.165) is 25.7 Å². The lowest BCUT2D eigenvalue weighted by molar-refractivity contribution is -0.129.